The number of nitrogens with zero attached hydrogens (tertiary/aromatic N) is 1. The molecule has 1 unspecified atom stereocenters. The van der Waals surface area contributed by atoms with Crippen molar-refractivity contribution in [1.29, 1.82) is 0 Å². The molecule has 0 saturated carbocycles. The number of fused-ring (bicyclic) bond motifs is 1. The van der Waals surface area contributed by atoms with Crippen LogP contribution in [0.2, 0.25) is 0 Å². The molecule has 74 valence electrons. The summed E-state index contributed by atoms with van der Waals surface area (Å²) in [6.07, 6.45) is 0. The van der Waals surface area contributed by atoms with Gasteiger partial charge in [0, 0.05) is 5.71 Å². The number of aryl methyl sites for hydroxylation is 1. The van der Waals surface area contributed by atoms with Crippen molar-refractivity contribution in [2.24, 2.45) is 4.99 Å². The van der Waals surface area contributed by atoms with E-state index >= 15 is 0 Å². The molecule has 0 radical (unpaired) electrons. The zero-order valence-electron chi connectivity index (χ0n) is 8.99. The van der Waals surface area contributed by atoms with E-state index in [-0.39, 0.29) is 0 Å². The molecule has 0 aromatic heterocycles. The Labute approximate surface area is 89.5 Å². The number of benzene rings is 2. The van der Waals surface area contributed by atoms with Gasteiger partial charge < -0.3 is 0 Å². The molecule has 0 amide bonds. The van der Waals surface area contributed by atoms with Crippen molar-refractivity contribution in [3.05, 3.63) is 47.5 Å². The fraction of sp³-hybridized carbons (Fsp3) is 0.214. The highest BCUT2D eigenvalue weighted by molar-refractivity contribution is 6.03. The van der Waals surface area contributed by atoms with Crippen LogP contribution in [0.1, 0.15) is 24.1 Å². The summed E-state index contributed by atoms with van der Waals surface area (Å²) < 4.78 is 0. The van der Waals surface area contributed by atoms with E-state index in [2.05, 4.69) is 55.2 Å². The van der Waals surface area contributed by atoms with Gasteiger partial charge in [0.2, 0.25) is 0 Å². The number of rotatable bonds is 1. The first-order chi connectivity index (χ1) is 7.27. The molecule has 2 aromatic carbocycles. The Morgan fingerprint density at radius 1 is 0.933 bits per heavy atom. The monoisotopic (exact) mass is 195 g/mol. The van der Waals surface area contributed by atoms with Gasteiger partial charge in [-0.1, -0.05) is 36.4 Å². The molecule has 0 fully saturated rings. The maximum Gasteiger partial charge on any atom is 0.113 e. The van der Waals surface area contributed by atoms with Crippen LogP contribution < -0.4 is 0 Å². The highest BCUT2D eigenvalue weighted by Crippen LogP contribution is 2.36. The van der Waals surface area contributed by atoms with E-state index in [0.717, 1.165) is 0 Å². The third-order valence-electron chi connectivity index (χ3n) is 3.13. The molecule has 1 aliphatic rings. The van der Waals surface area contributed by atoms with E-state index in [1.54, 1.807) is 0 Å². The van der Waals surface area contributed by atoms with E-state index in [0.29, 0.717) is 6.04 Å². The maximum atomic E-state index is 4.42. The van der Waals surface area contributed by atoms with E-state index < -0.39 is 0 Å². The molecule has 3 rings (SSSR count). The third kappa shape index (κ3) is 1.27. The summed E-state index contributed by atoms with van der Waals surface area (Å²) in [7, 11) is 0. The second kappa shape index (κ2) is 2.93. The first-order valence-corrected chi connectivity index (χ1v) is 5.30. The van der Waals surface area contributed by atoms with Gasteiger partial charge in [-0.3, -0.25) is 4.99 Å². The lowest BCUT2D eigenvalue weighted by molar-refractivity contribution is 1.15. The summed E-state index contributed by atoms with van der Waals surface area (Å²) >= 11 is 0. The van der Waals surface area contributed by atoms with Crippen LogP contribution in [0.15, 0.2) is 41.4 Å². The van der Waals surface area contributed by atoms with E-state index in [9.17, 15) is 0 Å². The molecule has 15 heavy (non-hydrogen) atoms. The van der Waals surface area contributed by atoms with Gasteiger partial charge in [0.1, 0.15) is 6.04 Å². The lowest BCUT2D eigenvalue weighted by atomic mass is 9.97. The zero-order valence-corrected chi connectivity index (χ0v) is 8.99. The predicted octanol–water partition coefficient (Wildman–Crippen LogP) is 3.66. The van der Waals surface area contributed by atoms with Crippen LogP contribution in [0.5, 0.6) is 0 Å². The molecule has 1 aliphatic heterocycles. The molecule has 1 heterocycles. The van der Waals surface area contributed by atoms with Gasteiger partial charge in [0.25, 0.3) is 0 Å². The average Bonchev–Trinajstić information content (AvgIpc) is 2.96. The minimum atomic E-state index is 0.357. The van der Waals surface area contributed by atoms with Crippen molar-refractivity contribution < 1.29 is 0 Å². The molecule has 1 atom stereocenters. The Kier molecular flexibility index (Phi) is 1.69. The van der Waals surface area contributed by atoms with Crippen molar-refractivity contribution in [1.82, 2.24) is 0 Å². The van der Waals surface area contributed by atoms with Crippen LogP contribution in [-0.4, -0.2) is 5.71 Å². The molecule has 0 spiro atoms. The van der Waals surface area contributed by atoms with Gasteiger partial charge in [0.05, 0.1) is 0 Å². The summed E-state index contributed by atoms with van der Waals surface area (Å²) in [5.41, 5.74) is 3.95. The molecule has 0 saturated heterocycles. The number of aliphatic imine (C=N–C) groups is 1. The molecule has 0 N–H and O–H groups in total. The van der Waals surface area contributed by atoms with Crippen molar-refractivity contribution in [3.63, 3.8) is 0 Å². The first-order valence-electron chi connectivity index (χ1n) is 5.30. The standard InChI is InChI=1S/C14H13N/c1-9-7-8-13(14-10(2)15-14)12-6-4-3-5-11(9)12/h3-8,14H,1-2H3. The maximum absolute atomic E-state index is 4.42. The fourth-order valence-corrected chi connectivity index (χ4v) is 2.17. The molecule has 0 bridgehead atoms. The molecule has 0 aliphatic carbocycles. The summed E-state index contributed by atoms with van der Waals surface area (Å²) in [5, 5.41) is 2.70. The van der Waals surface area contributed by atoms with Crippen molar-refractivity contribution >= 4 is 16.5 Å². The molecule has 1 nitrogen and oxygen atoms in total. The minimum absolute atomic E-state index is 0.357. The summed E-state index contributed by atoms with van der Waals surface area (Å²) in [6, 6.07) is 13.3. The zero-order chi connectivity index (χ0) is 10.4. The van der Waals surface area contributed by atoms with Crippen LogP contribution in [0.4, 0.5) is 0 Å². The summed E-state index contributed by atoms with van der Waals surface area (Å²) in [4.78, 5) is 4.42. The fourth-order valence-electron chi connectivity index (χ4n) is 2.17. The summed E-state index contributed by atoms with van der Waals surface area (Å²) in [5.74, 6) is 0. The van der Waals surface area contributed by atoms with Crippen LogP contribution in [-0.2, 0) is 0 Å². The highest BCUT2D eigenvalue weighted by atomic mass is 15.0. The Hall–Kier alpha value is -1.63. The van der Waals surface area contributed by atoms with Gasteiger partial charge in [-0.15, -0.1) is 0 Å². The van der Waals surface area contributed by atoms with Crippen molar-refractivity contribution in [2.45, 2.75) is 19.9 Å². The topological polar surface area (TPSA) is 12.4 Å². The first kappa shape index (κ1) is 8.66. The smallest absolute Gasteiger partial charge is 0.113 e. The molecular weight excluding hydrogens is 182 g/mol. The van der Waals surface area contributed by atoms with Crippen molar-refractivity contribution in [3.8, 4) is 0 Å². The van der Waals surface area contributed by atoms with Gasteiger partial charge in [0.15, 0.2) is 0 Å². The van der Waals surface area contributed by atoms with Gasteiger partial charge >= 0.3 is 0 Å². The second-order valence-electron chi connectivity index (χ2n) is 4.19. The minimum Gasteiger partial charge on any atom is -0.278 e. The quantitative estimate of drug-likeness (QED) is 0.658. The third-order valence-corrected chi connectivity index (χ3v) is 3.13. The Morgan fingerprint density at radius 2 is 1.60 bits per heavy atom. The Balaban J connectivity index is 2.27. The normalized spacial score (nSPS) is 19.1. The molecule has 1 heteroatoms. The van der Waals surface area contributed by atoms with E-state index in [1.807, 2.05) is 0 Å². The Bertz CT molecular complexity index is 567. The second-order valence-corrected chi connectivity index (χ2v) is 4.19. The summed E-state index contributed by atoms with van der Waals surface area (Å²) in [6.45, 7) is 4.26. The molecular formula is C14H13N. The van der Waals surface area contributed by atoms with Crippen LogP contribution in [0.25, 0.3) is 10.8 Å². The predicted molar refractivity (Wildman–Crippen MR) is 64.5 cm³/mol. The Morgan fingerprint density at radius 3 is 2.27 bits per heavy atom. The van der Waals surface area contributed by atoms with Crippen LogP contribution >= 0.6 is 0 Å². The lowest BCUT2D eigenvalue weighted by Crippen LogP contribution is -1.90. The van der Waals surface area contributed by atoms with E-state index in [4.69, 9.17) is 0 Å². The lowest BCUT2D eigenvalue weighted by Gasteiger charge is -2.07. The van der Waals surface area contributed by atoms with E-state index in [1.165, 1.54) is 27.6 Å². The average molecular weight is 195 g/mol. The SMILES string of the molecule is CC1=NC1c1ccc(C)c2ccccc12. The van der Waals surface area contributed by atoms with Crippen LogP contribution in [0, 0.1) is 6.92 Å². The van der Waals surface area contributed by atoms with Gasteiger partial charge in [-0.2, -0.15) is 0 Å². The van der Waals surface area contributed by atoms with Crippen LogP contribution in [0.3, 0.4) is 0 Å². The number of hydrogen-bond acceptors (Lipinski definition) is 1. The van der Waals surface area contributed by atoms with Gasteiger partial charge in [-0.25, -0.2) is 0 Å². The highest BCUT2D eigenvalue weighted by Gasteiger charge is 2.26. The van der Waals surface area contributed by atoms with Crippen molar-refractivity contribution in [2.75, 3.05) is 0 Å². The van der Waals surface area contributed by atoms with Gasteiger partial charge in [-0.05, 0) is 35.7 Å². The number of hydrogen-bond donors (Lipinski definition) is 0. The largest absolute Gasteiger partial charge is 0.278 e. The molecule has 2 aromatic rings.